The molecule has 1 aliphatic carbocycles. The third-order valence-electron chi connectivity index (χ3n) is 10.4. The Morgan fingerprint density at radius 1 is 0.978 bits per heavy atom. The molecule has 1 spiro atoms. The number of nitrogens with zero attached hydrogens (tertiary/aromatic N) is 2. The zero-order valence-electron chi connectivity index (χ0n) is 27.7. The fourth-order valence-electron chi connectivity index (χ4n) is 7.08. The number of H-pyrrole nitrogens is 1. The van der Waals surface area contributed by atoms with Crippen molar-refractivity contribution >= 4 is 29.3 Å². The monoisotopic (exact) mass is 623 g/mol. The topological polar surface area (TPSA) is 84.5 Å². The predicted octanol–water partition coefficient (Wildman–Crippen LogP) is 6.39. The van der Waals surface area contributed by atoms with Gasteiger partial charge in [-0.05, 0) is 93.1 Å². The summed E-state index contributed by atoms with van der Waals surface area (Å²) in [7, 11) is -0.373. The van der Waals surface area contributed by atoms with Crippen molar-refractivity contribution in [2.45, 2.75) is 84.3 Å². The highest BCUT2D eigenvalue weighted by Crippen LogP contribution is 2.56. The van der Waals surface area contributed by atoms with Gasteiger partial charge in [0.1, 0.15) is 5.82 Å². The fraction of sp³-hybridized carbons (Fsp3) is 0.432. The molecule has 3 heterocycles. The first-order valence-corrected chi connectivity index (χ1v) is 16.4. The number of amides is 1. The van der Waals surface area contributed by atoms with E-state index in [1.54, 1.807) is 18.2 Å². The summed E-state index contributed by atoms with van der Waals surface area (Å²) in [6.45, 7) is 13.5. The second-order valence-corrected chi connectivity index (χ2v) is 13.9. The zero-order valence-corrected chi connectivity index (χ0v) is 27.7. The smallest absolute Gasteiger partial charge is 0.399 e. The Morgan fingerprint density at radius 3 is 2.30 bits per heavy atom. The molecule has 2 aliphatic heterocycles. The molecule has 7 nitrogen and oxygen atoms in total. The third-order valence-corrected chi connectivity index (χ3v) is 10.4. The van der Waals surface area contributed by atoms with Gasteiger partial charge in [-0.2, -0.15) is 5.10 Å². The van der Waals surface area contributed by atoms with Crippen molar-refractivity contribution < 1.29 is 18.5 Å². The maximum absolute atomic E-state index is 15.0. The highest BCUT2D eigenvalue weighted by atomic mass is 19.1. The molecular formula is C37H43BFN3O4. The molecular weight excluding hydrogens is 580 g/mol. The number of rotatable bonds is 5. The van der Waals surface area contributed by atoms with Crippen LogP contribution in [0.15, 0.2) is 71.5 Å². The van der Waals surface area contributed by atoms with Crippen LogP contribution in [0.2, 0.25) is 0 Å². The van der Waals surface area contributed by atoms with Gasteiger partial charge in [-0.25, -0.2) is 9.49 Å². The molecule has 3 aliphatic rings. The first kappa shape index (κ1) is 32.1. The van der Waals surface area contributed by atoms with Crippen molar-refractivity contribution in [3.63, 3.8) is 0 Å². The van der Waals surface area contributed by atoms with Gasteiger partial charge in [0, 0.05) is 24.9 Å². The highest BCUT2D eigenvalue weighted by Gasteiger charge is 2.52. The predicted molar refractivity (Wildman–Crippen MR) is 180 cm³/mol. The van der Waals surface area contributed by atoms with Gasteiger partial charge in [0.15, 0.2) is 0 Å². The van der Waals surface area contributed by atoms with Gasteiger partial charge in [0.25, 0.3) is 11.5 Å². The standard InChI is InChI=1S/C35H37BFN3O4.C2H6/c1-33(2)34(3,4)44-36(43-33)25-12-10-23(11-13-25)24-19-35(20-24)15-16-40(21-35)32(42)28-17-22(9-14-29(28)37)18-30-26-7-5-6-8-27(26)31(41)39-38-30;1-2/h5-14,17,24H,15-16,18-21H2,1-4H3,(H,39,41);1-2H3. The van der Waals surface area contributed by atoms with E-state index in [0.29, 0.717) is 36.5 Å². The molecule has 240 valence electrons. The molecule has 0 atom stereocenters. The summed E-state index contributed by atoms with van der Waals surface area (Å²) in [6.07, 6.45) is 3.33. The Hall–Kier alpha value is -3.82. The molecule has 1 N–H and O–H groups in total. The molecule has 1 aromatic heterocycles. The van der Waals surface area contributed by atoms with E-state index >= 15 is 0 Å². The average molecular weight is 624 g/mol. The van der Waals surface area contributed by atoms with Crippen molar-refractivity contribution in [2.75, 3.05) is 13.1 Å². The number of nitrogens with one attached hydrogen (secondary N) is 1. The van der Waals surface area contributed by atoms with Gasteiger partial charge < -0.3 is 14.2 Å². The highest BCUT2D eigenvalue weighted by molar-refractivity contribution is 6.62. The van der Waals surface area contributed by atoms with E-state index in [9.17, 15) is 14.0 Å². The van der Waals surface area contributed by atoms with Crippen LogP contribution in [0.4, 0.5) is 4.39 Å². The van der Waals surface area contributed by atoms with Crippen LogP contribution < -0.4 is 11.0 Å². The van der Waals surface area contributed by atoms with Crippen molar-refractivity contribution in [1.82, 2.24) is 15.1 Å². The molecule has 4 aromatic rings. The quantitative estimate of drug-likeness (QED) is 0.261. The summed E-state index contributed by atoms with van der Waals surface area (Å²) in [6, 6.07) is 20.5. The van der Waals surface area contributed by atoms with E-state index in [0.717, 1.165) is 35.7 Å². The minimum absolute atomic E-state index is 0.0809. The van der Waals surface area contributed by atoms with Gasteiger partial charge in [-0.1, -0.05) is 62.4 Å². The average Bonchev–Trinajstić information content (AvgIpc) is 3.58. The van der Waals surface area contributed by atoms with Crippen molar-refractivity contribution in [1.29, 1.82) is 0 Å². The Kier molecular flexibility index (Phi) is 8.44. The fourth-order valence-corrected chi connectivity index (χ4v) is 7.08. The van der Waals surface area contributed by atoms with Gasteiger partial charge in [0.2, 0.25) is 0 Å². The van der Waals surface area contributed by atoms with Gasteiger partial charge in [0.05, 0.1) is 27.8 Å². The number of aromatic amines is 1. The van der Waals surface area contributed by atoms with Gasteiger partial charge in [-0.15, -0.1) is 0 Å². The SMILES string of the molecule is CC.CC1(C)OB(c2ccc(C3CC4(CCN(C(=O)c5cc(Cc6n[nH]c(=O)c7ccccc67)ccc5F)C4)C3)cc2)OC1(C)C. The summed E-state index contributed by atoms with van der Waals surface area (Å²) in [5.41, 5.74) is 2.93. The minimum atomic E-state index is -0.521. The maximum Gasteiger partial charge on any atom is 0.494 e. The number of hydrogen-bond donors (Lipinski definition) is 1. The van der Waals surface area contributed by atoms with E-state index in [2.05, 4.69) is 62.2 Å². The van der Waals surface area contributed by atoms with E-state index in [1.807, 2.05) is 36.9 Å². The lowest BCUT2D eigenvalue weighted by Crippen LogP contribution is -2.41. The largest absolute Gasteiger partial charge is 0.494 e. The maximum atomic E-state index is 15.0. The Morgan fingerprint density at radius 2 is 1.63 bits per heavy atom. The summed E-state index contributed by atoms with van der Waals surface area (Å²) in [4.78, 5) is 27.6. The molecule has 3 aromatic carbocycles. The Bertz CT molecular complexity index is 1800. The number of hydrogen-bond acceptors (Lipinski definition) is 5. The molecule has 9 heteroatoms. The van der Waals surface area contributed by atoms with Crippen LogP contribution >= 0.6 is 0 Å². The van der Waals surface area contributed by atoms with E-state index in [1.165, 1.54) is 11.6 Å². The van der Waals surface area contributed by atoms with Crippen LogP contribution in [0.25, 0.3) is 10.8 Å². The van der Waals surface area contributed by atoms with Crippen molar-refractivity contribution in [2.24, 2.45) is 5.41 Å². The minimum Gasteiger partial charge on any atom is -0.399 e. The normalized spacial score (nSPS) is 22.9. The van der Waals surface area contributed by atoms with E-state index < -0.39 is 5.82 Å². The number of benzene rings is 3. The van der Waals surface area contributed by atoms with Gasteiger partial charge >= 0.3 is 7.12 Å². The Balaban J connectivity index is 0.00000182. The molecule has 7 rings (SSSR count). The lowest BCUT2D eigenvalue weighted by Gasteiger charge is -2.45. The molecule has 3 fully saturated rings. The second-order valence-electron chi connectivity index (χ2n) is 13.9. The van der Waals surface area contributed by atoms with Crippen LogP contribution in [0.5, 0.6) is 0 Å². The van der Waals surface area contributed by atoms with Crippen LogP contribution in [0.3, 0.4) is 0 Å². The van der Waals surface area contributed by atoms with Gasteiger partial charge in [-0.3, -0.25) is 9.59 Å². The van der Waals surface area contributed by atoms with Crippen LogP contribution in [0, 0.1) is 11.2 Å². The molecule has 1 amide bonds. The molecule has 0 unspecified atom stereocenters. The summed E-state index contributed by atoms with van der Waals surface area (Å²) in [5.74, 6) is -0.347. The van der Waals surface area contributed by atoms with E-state index in [4.69, 9.17) is 9.31 Å². The van der Waals surface area contributed by atoms with Crippen molar-refractivity contribution in [3.05, 3.63) is 105 Å². The molecule has 2 saturated heterocycles. The van der Waals surface area contributed by atoms with Crippen LogP contribution in [0.1, 0.15) is 93.9 Å². The number of halogens is 1. The summed E-state index contributed by atoms with van der Waals surface area (Å²) >= 11 is 0. The van der Waals surface area contributed by atoms with Crippen LogP contribution in [-0.2, 0) is 15.7 Å². The number of carbonyl (C=O) groups is 1. The molecule has 46 heavy (non-hydrogen) atoms. The number of fused-ring (bicyclic) bond motifs is 1. The first-order valence-electron chi connectivity index (χ1n) is 16.4. The lowest BCUT2D eigenvalue weighted by molar-refractivity contribution is 0.00578. The molecule has 0 radical (unpaired) electrons. The lowest BCUT2D eigenvalue weighted by atomic mass is 9.59. The first-order chi connectivity index (χ1) is 21.9. The number of carbonyl (C=O) groups excluding carboxylic acids is 1. The number of aromatic nitrogens is 2. The number of likely N-dealkylation sites (tertiary alicyclic amines) is 1. The molecule has 0 bridgehead atoms. The second kappa shape index (κ2) is 12.1. The third kappa shape index (κ3) is 5.80. The molecule has 1 saturated carbocycles. The zero-order chi connectivity index (χ0) is 32.9. The Labute approximate surface area is 270 Å². The summed E-state index contributed by atoms with van der Waals surface area (Å²) in [5, 5.41) is 8.09. The van der Waals surface area contributed by atoms with Crippen molar-refractivity contribution in [3.8, 4) is 0 Å². The van der Waals surface area contributed by atoms with E-state index in [-0.39, 0.29) is 40.8 Å². The van der Waals surface area contributed by atoms with Crippen LogP contribution in [-0.4, -0.2) is 52.4 Å². The summed E-state index contributed by atoms with van der Waals surface area (Å²) < 4.78 is 27.4.